The normalized spacial score (nSPS) is 11.2. The molecule has 0 radical (unpaired) electrons. The van der Waals surface area contributed by atoms with Crippen molar-refractivity contribution in [2.45, 2.75) is 62.2 Å². The predicted octanol–water partition coefficient (Wildman–Crippen LogP) is 9.57. The fourth-order valence-corrected chi connectivity index (χ4v) is 8.73. The number of anilines is 2. The van der Waals surface area contributed by atoms with Crippen LogP contribution < -0.4 is 14.2 Å². The molecule has 6 aromatic carbocycles. The molecule has 4 N–H and O–H groups in total. The Hall–Kier alpha value is -6.51. The van der Waals surface area contributed by atoms with Gasteiger partial charge in [-0.25, -0.2) is 30.8 Å². The van der Waals surface area contributed by atoms with E-state index in [1.807, 2.05) is 18.2 Å². The van der Waals surface area contributed by atoms with Gasteiger partial charge in [0, 0.05) is 11.4 Å². The van der Waals surface area contributed by atoms with E-state index in [1.165, 1.54) is 24.3 Å². The van der Waals surface area contributed by atoms with Crippen molar-refractivity contribution in [2.24, 2.45) is 0 Å². The van der Waals surface area contributed by atoms with Crippen molar-refractivity contribution in [3.05, 3.63) is 184 Å². The Bertz CT molecular complexity index is 2690. The van der Waals surface area contributed by atoms with Crippen LogP contribution in [0.25, 0.3) is 0 Å². The highest BCUT2D eigenvalue weighted by Crippen LogP contribution is 2.24. The van der Waals surface area contributed by atoms with Gasteiger partial charge in [0.15, 0.2) is 0 Å². The van der Waals surface area contributed by atoms with Crippen molar-refractivity contribution in [3.8, 4) is 5.75 Å². The number of aryl methyl sites for hydroxylation is 5. The zero-order chi connectivity index (χ0) is 44.0. The molecule has 0 aliphatic carbocycles. The summed E-state index contributed by atoms with van der Waals surface area (Å²) in [6, 6.07) is 37.6. The Morgan fingerprint density at radius 1 is 0.607 bits per heavy atom. The number of halogens is 1. The molecule has 0 heterocycles. The Morgan fingerprint density at radius 3 is 1.62 bits per heavy atom. The van der Waals surface area contributed by atoms with E-state index in [-0.39, 0.29) is 20.9 Å². The third-order valence-electron chi connectivity index (χ3n) is 9.56. The summed E-state index contributed by atoms with van der Waals surface area (Å²) in [5.41, 5.74) is 5.01. The lowest BCUT2D eigenvalue weighted by atomic mass is 10.00. The van der Waals surface area contributed by atoms with Crippen molar-refractivity contribution in [3.63, 3.8) is 0 Å². The second-order valence-electron chi connectivity index (χ2n) is 14.1. The second-order valence-corrected chi connectivity index (χ2v) is 17.5. The lowest BCUT2D eigenvalue weighted by Crippen LogP contribution is -2.14. The molecule has 11 nitrogen and oxygen atoms in total. The Balaban J connectivity index is 0.000000232. The molecule has 6 rings (SSSR count). The summed E-state index contributed by atoms with van der Waals surface area (Å²) in [5.74, 6) is -1.92. The lowest BCUT2D eigenvalue weighted by Gasteiger charge is -2.12. The Kier molecular flexibility index (Phi) is 15.8. The topological polar surface area (TPSA) is 176 Å². The smallest absolute Gasteiger partial charge is 0.335 e. The van der Waals surface area contributed by atoms with E-state index in [0.717, 1.165) is 35.6 Å². The zero-order valence-corrected chi connectivity index (χ0v) is 35.3. The SMILES string of the molecule is CCCCOc1ccc(S(=O)(=O)Nc2cccc(CCc3ccccc3C(=O)O)c2)cc1.Cc1ccc(F)cc1S(=O)(=O)Nc1cccc(CCc2ccccc2C(=O)O)c1. The summed E-state index contributed by atoms with van der Waals surface area (Å²) in [6.45, 7) is 4.28. The summed E-state index contributed by atoms with van der Waals surface area (Å²) in [5, 5.41) is 18.6. The molecule has 0 saturated carbocycles. The van der Waals surface area contributed by atoms with E-state index in [4.69, 9.17) is 4.74 Å². The van der Waals surface area contributed by atoms with E-state index >= 15 is 0 Å². The first-order valence-corrected chi connectivity index (χ1v) is 22.5. The summed E-state index contributed by atoms with van der Waals surface area (Å²) in [4.78, 5) is 22.7. The van der Waals surface area contributed by atoms with E-state index in [2.05, 4.69) is 16.4 Å². The van der Waals surface area contributed by atoms with Crippen LogP contribution in [-0.4, -0.2) is 45.6 Å². The molecule has 0 atom stereocenters. The van der Waals surface area contributed by atoms with Gasteiger partial charge in [-0.2, -0.15) is 0 Å². The van der Waals surface area contributed by atoms with Gasteiger partial charge in [-0.3, -0.25) is 9.44 Å². The maximum atomic E-state index is 13.5. The van der Waals surface area contributed by atoms with Gasteiger partial charge in [0.1, 0.15) is 11.6 Å². The zero-order valence-electron chi connectivity index (χ0n) is 33.7. The molecule has 6 aromatic rings. The average Bonchev–Trinajstić information content (AvgIpc) is 3.23. The number of unbranched alkanes of at least 4 members (excludes halogenated alkanes) is 1. The fraction of sp³-hybridized carbons (Fsp3) is 0.191. The fourth-order valence-electron chi connectivity index (χ4n) is 6.37. The van der Waals surface area contributed by atoms with Crippen LogP contribution in [0.2, 0.25) is 0 Å². The van der Waals surface area contributed by atoms with Crippen molar-refractivity contribution in [1.29, 1.82) is 0 Å². The van der Waals surface area contributed by atoms with Gasteiger partial charge in [-0.15, -0.1) is 0 Å². The maximum absolute atomic E-state index is 13.5. The third-order valence-corrected chi connectivity index (χ3v) is 12.5. The molecule has 0 fully saturated rings. The first kappa shape index (κ1) is 45.6. The molecule has 0 amide bonds. The molecule has 0 spiro atoms. The lowest BCUT2D eigenvalue weighted by molar-refractivity contribution is 0.0684. The minimum absolute atomic E-state index is 0.113. The number of carbonyl (C=O) groups is 2. The second kappa shape index (κ2) is 21.1. The highest BCUT2D eigenvalue weighted by Gasteiger charge is 2.19. The van der Waals surface area contributed by atoms with Crippen LogP contribution in [0.5, 0.6) is 5.75 Å². The highest BCUT2D eigenvalue weighted by molar-refractivity contribution is 7.93. The van der Waals surface area contributed by atoms with Crippen LogP contribution in [0.15, 0.2) is 149 Å². The number of hydrogen-bond acceptors (Lipinski definition) is 7. The minimum atomic E-state index is -3.94. The van der Waals surface area contributed by atoms with Crippen molar-refractivity contribution >= 4 is 43.4 Å². The molecule has 318 valence electrons. The Labute approximate surface area is 356 Å². The van der Waals surface area contributed by atoms with E-state index in [1.54, 1.807) is 97.9 Å². The molecule has 0 unspecified atom stereocenters. The summed E-state index contributed by atoms with van der Waals surface area (Å²) in [6.07, 6.45) is 4.14. The quantitative estimate of drug-likeness (QED) is 0.0613. The molecule has 0 aliphatic rings. The molecule has 0 saturated heterocycles. The first-order chi connectivity index (χ1) is 29.1. The number of sulfonamides is 2. The molecular weight excluding hydrogens is 820 g/mol. The standard InChI is InChI=1S/C25H27NO5S.C22H20FNO4S/c1-2-3-17-31-22-13-15-23(16-14-22)32(29,30)26-21-9-6-7-19(18-21)11-12-20-8-4-5-10-24(20)25(27)28;1-15-9-12-18(23)14-21(15)29(27,28)24-19-7-4-5-16(13-19)10-11-17-6-2-3-8-20(17)22(25)26/h4-10,13-16,18,26H,2-3,11-12,17H2,1H3,(H,27,28);2-9,12-14,24H,10-11H2,1H3,(H,25,26). The molecule has 14 heteroatoms. The van der Waals surface area contributed by atoms with Crippen LogP contribution in [0.1, 0.15) is 68.3 Å². The minimum Gasteiger partial charge on any atom is -0.494 e. The average molecular weight is 867 g/mol. The largest absolute Gasteiger partial charge is 0.494 e. The van der Waals surface area contributed by atoms with Gasteiger partial charge in [0.05, 0.1) is 27.5 Å². The van der Waals surface area contributed by atoms with Gasteiger partial charge in [0.2, 0.25) is 0 Å². The van der Waals surface area contributed by atoms with Crippen LogP contribution in [0, 0.1) is 12.7 Å². The molecule has 0 aliphatic heterocycles. The Morgan fingerprint density at radius 2 is 1.11 bits per heavy atom. The van der Waals surface area contributed by atoms with Gasteiger partial charge in [-0.05, 0) is 140 Å². The number of hydrogen-bond donors (Lipinski definition) is 4. The van der Waals surface area contributed by atoms with E-state index in [0.29, 0.717) is 60.5 Å². The van der Waals surface area contributed by atoms with Crippen molar-refractivity contribution in [1.82, 2.24) is 0 Å². The first-order valence-electron chi connectivity index (χ1n) is 19.5. The van der Waals surface area contributed by atoms with E-state index in [9.17, 15) is 41.0 Å². The van der Waals surface area contributed by atoms with Crippen LogP contribution in [0.3, 0.4) is 0 Å². The molecule has 61 heavy (non-hydrogen) atoms. The number of ether oxygens (including phenoxy) is 1. The number of carboxylic acid groups (broad SMARTS) is 2. The van der Waals surface area contributed by atoms with Gasteiger partial charge in [0.25, 0.3) is 20.0 Å². The number of nitrogens with one attached hydrogen (secondary N) is 2. The molecular formula is C47H47FN2O9S2. The van der Waals surface area contributed by atoms with Crippen molar-refractivity contribution < 1.29 is 45.8 Å². The summed E-state index contributed by atoms with van der Waals surface area (Å²) in [7, 11) is -7.68. The maximum Gasteiger partial charge on any atom is 0.335 e. The molecule has 0 aromatic heterocycles. The third kappa shape index (κ3) is 13.2. The van der Waals surface area contributed by atoms with E-state index < -0.39 is 37.8 Å². The number of rotatable bonds is 18. The summed E-state index contributed by atoms with van der Waals surface area (Å²) < 4.78 is 75.0. The molecule has 0 bridgehead atoms. The van der Waals surface area contributed by atoms with Crippen molar-refractivity contribution in [2.75, 3.05) is 16.1 Å². The number of aromatic carboxylic acids is 2. The predicted molar refractivity (Wildman–Crippen MR) is 234 cm³/mol. The van der Waals surface area contributed by atoms with Crippen LogP contribution >= 0.6 is 0 Å². The highest BCUT2D eigenvalue weighted by atomic mass is 32.2. The van der Waals surface area contributed by atoms with Gasteiger partial charge < -0.3 is 14.9 Å². The van der Waals surface area contributed by atoms with Gasteiger partial charge >= 0.3 is 11.9 Å². The number of benzene rings is 6. The number of carboxylic acids is 2. The van der Waals surface area contributed by atoms with Crippen LogP contribution in [0.4, 0.5) is 15.8 Å². The van der Waals surface area contributed by atoms with Gasteiger partial charge in [-0.1, -0.05) is 80.1 Å². The van der Waals surface area contributed by atoms with Crippen LogP contribution in [-0.2, 0) is 45.7 Å². The monoisotopic (exact) mass is 866 g/mol. The summed E-state index contributed by atoms with van der Waals surface area (Å²) >= 11 is 0.